The number of carbonyl (C=O) groups is 1. The molecule has 0 aromatic heterocycles. The van der Waals surface area contributed by atoms with Gasteiger partial charge < -0.3 is 10.2 Å². The Kier molecular flexibility index (Phi) is 3.96. The van der Waals surface area contributed by atoms with Gasteiger partial charge in [-0.1, -0.05) is 18.1 Å². The maximum Gasteiger partial charge on any atom is 0.298 e. The van der Waals surface area contributed by atoms with Crippen molar-refractivity contribution in [1.82, 2.24) is 10.2 Å². The molecule has 1 fully saturated rings. The van der Waals surface area contributed by atoms with Crippen LogP contribution in [0, 0.1) is 24.6 Å². The Morgan fingerprint density at radius 2 is 2.11 bits per heavy atom. The number of piperazine rings is 1. The summed E-state index contributed by atoms with van der Waals surface area (Å²) in [6.45, 7) is 4.56. The molecule has 1 heterocycles. The summed E-state index contributed by atoms with van der Waals surface area (Å²) in [6, 6.07) is 5.00. The van der Waals surface area contributed by atoms with Crippen molar-refractivity contribution < 1.29 is 9.18 Å². The van der Waals surface area contributed by atoms with Crippen molar-refractivity contribution in [3.05, 3.63) is 35.1 Å². The van der Waals surface area contributed by atoms with Crippen molar-refractivity contribution in [2.45, 2.75) is 6.92 Å². The molecular formula is C14H15FN2O. The topological polar surface area (TPSA) is 32.3 Å². The molecule has 1 saturated heterocycles. The van der Waals surface area contributed by atoms with Gasteiger partial charge in [-0.05, 0) is 18.6 Å². The molecule has 1 aromatic carbocycles. The van der Waals surface area contributed by atoms with E-state index in [-0.39, 0.29) is 17.3 Å². The van der Waals surface area contributed by atoms with Gasteiger partial charge in [-0.15, -0.1) is 0 Å². The standard InChI is InChI=1S/C14H15FN2O/c1-11-3-2-4-12(14(11)15)5-6-13(18)17-9-7-16-8-10-17/h2-4,16H,7-10H2,1H3. The third kappa shape index (κ3) is 2.88. The summed E-state index contributed by atoms with van der Waals surface area (Å²) in [6.07, 6.45) is 0. The van der Waals surface area contributed by atoms with Crippen LogP contribution in [0.3, 0.4) is 0 Å². The van der Waals surface area contributed by atoms with Gasteiger partial charge in [0.15, 0.2) is 0 Å². The highest BCUT2D eigenvalue weighted by molar-refractivity contribution is 5.94. The predicted molar refractivity (Wildman–Crippen MR) is 67.5 cm³/mol. The predicted octanol–water partition coefficient (Wildman–Crippen LogP) is 0.917. The lowest BCUT2D eigenvalue weighted by Gasteiger charge is -2.25. The van der Waals surface area contributed by atoms with Crippen LogP contribution in [-0.2, 0) is 4.79 Å². The summed E-state index contributed by atoms with van der Waals surface area (Å²) in [5.41, 5.74) is 0.815. The van der Waals surface area contributed by atoms with Crippen LogP contribution in [0.4, 0.5) is 4.39 Å². The minimum Gasteiger partial charge on any atom is -0.329 e. The zero-order valence-corrected chi connectivity index (χ0v) is 10.3. The minimum absolute atomic E-state index is 0.239. The van der Waals surface area contributed by atoms with Crippen LogP contribution in [0.25, 0.3) is 0 Å². The van der Waals surface area contributed by atoms with Crippen LogP contribution < -0.4 is 5.32 Å². The normalized spacial score (nSPS) is 14.9. The quantitative estimate of drug-likeness (QED) is 0.690. The van der Waals surface area contributed by atoms with Crippen LogP contribution in [0.1, 0.15) is 11.1 Å². The Morgan fingerprint density at radius 1 is 1.39 bits per heavy atom. The number of aryl methyl sites for hydroxylation is 1. The van der Waals surface area contributed by atoms with Gasteiger partial charge in [0.25, 0.3) is 5.91 Å². The lowest BCUT2D eigenvalue weighted by atomic mass is 10.1. The first kappa shape index (κ1) is 12.6. The Labute approximate surface area is 106 Å². The second-order valence-corrected chi connectivity index (χ2v) is 4.23. The summed E-state index contributed by atoms with van der Waals surface area (Å²) >= 11 is 0. The lowest BCUT2D eigenvalue weighted by molar-refractivity contribution is -0.125. The van der Waals surface area contributed by atoms with E-state index in [2.05, 4.69) is 17.2 Å². The van der Waals surface area contributed by atoms with Crippen LogP contribution >= 0.6 is 0 Å². The SMILES string of the molecule is Cc1cccc(C#CC(=O)N2CCNCC2)c1F. The molecule has 1 N–H and O–H groups in total. The van der Waals surface area contributed by atoms with Gasteiger partial charge in [-0.2, -0.15) is 0 Å². The fraction of sp³-hybridized carbons (Fsp3) is 0.357. The first-order chi connectivity index (χ1) is 8.68. The minimum atomic E-state index is -0.349. The second kappa shape index (κ2) is 5.65. The van der Waals surface area contributed by atoms with Gasteiger partial charge in [-0.3, -0.25) is 4.79 Å². The molecule has 0 bridgehead atoms. The molecule has 18 heavy (non-hydrogen) atoms. The number of hydrogen-bond donors (Lipinski definition) is 1. The summed E-state index contributed by atoms with van der Waals surface area (Å²) in [5, 5.41) is 3.16. The molecule has 4 heteroatoms. The summed E-state index contributed by atoms with van der Waals surface area (Å²) in [4.78, 5) is 13.4. The molecule has 94 valence electrons. The molecule has 3 nitrogen and oxygen atoms in total. The Bertz CT molecular complexity index is 510. The molecule has 1 aromatic rings. The van der Waals surface area contributed by atoms with Gasteiger partial charge >= 0.3 is 0 Å². The lowest BCUT2D eigenvalue weighted by Crippen LogP contribution is -2.46. The molecule has 2 rings (SSSR count). The molecule has 0 atom stereocenters. The second-order valence-electron chi connectivity index (χ2n) is 4.23. The number of amides is 1. The highest BCUT2D eigenvalue weighted by Gasteiger charge is 2.13. The summed E-state index contributed by atoms with van der Waals surface area (Å²) < 4.78 is 13.7. The molecule has 0 radical (unpaired) electrons. The van der Waals surface area contributed by atoms with Gasteiger partial charge in [0.05, 0.1) is 5.56 Å². The third-order valence-corrected chi connectivity index (χ3v) is 2.90. The average molecular weight is 246 g/mol. The summed E-state index contributed by atoms with van der Waals surface area (Å²) in [7, 11) is 0. The molecule has 1 aliphatic heterocycles. The highest BCUT2D eigenvalue weighted by atomic mass is 19.1. The van der Waals surface area contributed by atoms with E-state index < -0.39 is 0 Å². The van der Waals surface area contributed by atoms with E-state index in [4.69, 9.17) is 0 Å². The first-order valence-corrected chi connectivity index (χ1v) is 5.95. The number of halogens is 1. The van der Waals surface area contributed by atoms with Gasteiger partial charge in [0.1, 0.15) is 5.82 Å². The van der Waals surface area contributed by atoms with E-state index in [1.165, 1.54) is 0 Å². The van der Waals surface area contributed by atoms with Crippen LogP contribution in [0.5, 0.6) is 0 Å². The fourth-order valence-electron chi connectivity index (χ4n) is 1.81. The summed E-state index contributed by atoms with van der Waals surface area (Å²) in [5.74, 6) is 4.53. The smallest absolute Gasteiger partial charge is 0.298 e. The Morgan fingerprint density at radius 3 is 2.83 bits per heavy atom. The number of rotatable bonds is 0. The number of nitrogens with one attached hydrogen (secondary N) is 1. The van der Waals surface area contributed by atoms with Crippen molar-refractivity contribution in [2.75, 3.05) is 26.2 Å². The molecule has 0 unspecified atom stereocenters. The number of nitrogens with zero attached hydrogens (tertiary/aromatic N) is 1. The van der Waals surface area contributed by atoms with Crippen molar-refractivity contribution in [3.63, 3.8) is 0 Å². The molecule has 0 spiro atoms. The van der Waals surface area contributed by atoms with Crippen molar-refractivity contribution in [1.29, 1.82) is 0 Å². The van der Waals surface area contributed by atoms with Crippen LogP contribution in [-0.4, -0.2) is 37.0 Å². The largest absolute Gasteiger partial charge is 0.329 e. The molecule has 1 aliphatic rings. The number of hydrogen-bond acceptors (Lipinski definition) is 2. The number of benzene rings is 1. The van der Waals surface area contributed by atoms with E-state index in [1.54, 1.807) is 30.0 Å². The Balaban J connectivity index is 2.11. The first-order valence-electron chi connectivity index (χ1n) is 5.95. The van der Waals surface area contributed by atoms with Crippen molar-refractivity contribution in [3.8, 4) is 11.8 Å². The highest BCUT2D eigenvalue weighted by Crippen LogP contribution is 2.10. The Hall–Kier alpha value is -1.86. The van der Waals surface area contributed by atoms with E-state index >= 15 is 0 Å². The zero-order valence-electron chi connectivity index (χ0n) is 10.3. The third-order valence-electron chi connectivity index (χ3n) is 2.90. The molecular weight excluding hydrogens is 231 g/mol. The maximum atomic E-state index is 13.7. The zero-order chi connectivity index (χ0) is 13.0. The van der Waals surface area contributed by atoms with E-state index in [9.17, 15) is 9.18 Å². The monoisotopic (exact) mass is 246 g/mol. The van der Waals surface area contributed by atoms with Gasteiger partial charge in [-0.25, -0.2) is 4.39 Å². The van der Waals surface area contributed by atoms with Crippen molar-refractivity contribution in [2.24, 2.45) is 0 Å². The molecule has 0 saturated carbocycles. The van der Waals surface area contributed by atoms with Gasteiger partial charge in [0.2, 0.25) is 0 Å². The van der Waals surface area contributed by atoms with E-state index in [1.807, 2.05) is 0 Å². The van der Waals surface area contributed by atoms with Crippen LogP contribution in [0.2, 0.25) is 0 Å². The maximum absolute atomic E-state index is 13.7. The molecule has 1 amide bonds. The van der Waals surface area contributed by atoms with E-state index in [0.717, 1.165) is 13.1 Å². The average Bonchev–Trinajstić information content (AvgIpc) is 2.41. The molecule has 0 aliphatic carbocycles. The van der Waals surface area contributed by atoms with E-state index in [0.29, 0.717) is 18.7 Å². The number of carbonyl (C=O) groups excluding carboxylic acids is 1. The van der Waals surface area contributed by atoms with Gasteiger partial charge in [0, 0.05) is 32.1 Å². The fourth-order valence-corrected chi connectivity index (χ4v) is 1.81. The van der Waals surface area contributed by atoms with Crippen LogP contribution in [0.15, 0.2) is 18.2 Å². The van der Waals surface area contributed by atoms with Crippen molar-refractivity contribution >= 4 is 5.91 Å².